The summed E-state index contributed by atoms with van der Waals surface area (Å²) in [5, 5.41) is 3.02. The average molecular weight is 591 g/mol. The molecule has 0 saturated heterocycles. The van der Waals surface area contributed by atoms with Gasteiger partial charge in [-0.15, -0.1) is 0 Å². The Morgan fingerprint density at radius 2 is 1.54 bits per heavy atom. The van der Waals surface area contributed by atoms with Crippen molar-refractivity contribution >= 4 is 50.7 Å². The minimum atomic E-state index is -4.23. The number of hydrogen-bond donors (Lipinski definition) is 1. The van der Waals surface area contributed by atoms with Gasteiger partial charge in [0.25, 0.3) is 10.0 Å². The lowest BCUT2D eigenvalue weighted by atomic mass is 10.1. The number of rotatable bonds is 11. The molecule has 2 amide bonds. The van der Waals surface area contributed by atoms with Crippen LogP contribution in [0.2, 0.25) is 10.0 Å². The number of anilines is 1. The van der Waals surface area contributed by atoms with E-state index >= 15 is 0 Å². The number of halogens is 2. The Labute approximate surface area is 240 Å². The van der Waals surface area contributed by atoms with E-state index in [9.17, 15) is 18.0 Å². The Morgan fingerprint density at radius 1 is 0.897 bits per heavy atom. The summed E-state index contributed by atoms with van der Waals surface area (Å²) < 4.78 is 28.6. The van der Waals surface area contributed by atoms with Gasteiger partial charge in [-0.05, 0) is 55.2 Å². The number of nitrogens with one attached hydrogen (secondary N) is 1. The molecular formula is C29H33Cl2N3O4S. The van der Waals surface area contributed by atoms with Crippen LogP contribution in [0.5, 0.6) is 0 Å². The van der Waals surface area contributed by atoms with Gasteiger partial charge < -0.3 is 10.2 Å². The van der Waals surface area contributed by atoms with Gasteiger partial charge in [0, 0.05) is 13.1 Å². The Bertz CT molecular complexity index is 1420. The summed E-state index contributed by atoms with van der Waals surface area (Å²) in [6.45, 7) is 7.47. The fraction of sp³-hybridized carbons (Fsp3) is 0.310. The van der Waals surface area contributed by atoms with E-state index in [0.717, 1.165) is 15.4 Å². The van der Waals surface area contributed by atoms with Gasteiger partial charge in [0.1, 0.15) is 12.6 Å². The van der Waals surface area contributed by atoms with Crippen LogP contribution in [0.3, 0.4) is 0 Å². The van der Waals surface area contributed by atoms with E-state index < -0.39 is 28.5 Å². The van der Waals surface area contributed by atoms with Gasteiger partial charge >= 0.3 is 0 Å². The van der Waals surface area contributed by atoms with E-state index in [4.69, 9.17) is 23.2 Å². The van der Waals surface area contributed by atoms with E-state index in [0.29, 0.717) is 6.54 Å². The zero-order valence-electron chi connectivity index (χ0n) is 22.4. The first-order valence-corrected chi connectivity index (χ1v) is 14.8. The van der Waals surface area contributed by atoms with Crippen LogP contribution in [-0.4, -0.2) is 44.3 Å². The van der Waals surface area contributed by atoms with E-state index in [1.165, 1.54) is 29.2 Å². The lowest BCUT2D eigenvalue weighted by Gasteiger charge is -2.32. The summed E-state index contributed by atoms with van der Waals surface area (Å²) in [7, 11) is -4.23. The van der Waals surface area contributed by atoms with Crippen LogP contribution in [0, 0.1) is 12.8 Å². The molecular weight excluding hydrogens is 557 g/mol. The number of amides is 2. The lowest BCUT2D eigenvalue weighted by molar-refractivity contribution is -0.139. The minimum absolute atomic E-state index is 0.000323. The van der Waals surface area contributed by atoms with Crippen LogP contribution < -0.4 is 9.62 Å². The van der Waals surface area contributed by atoms with Crippen molar-refractivity contribution in [1.29, 1.82) is 0 Å². The molecule has 1 unspecified atom stereocenters. The number of sulfonamides is 1. The van der Waals surface area contributed by atoms with Crippen LogP contribution in [0.25, 0.3) is 0 Å². The molecule has 0 aliphatic carbocycles. The van der Waals surface area contributed by atoms with Crippen molar-refractivity contribution < 1.29 is 18.0 Å². The summed E-state index contributed by atoms with van der Waals surface area (Å²) >= 11 is 12.7. The zero-order valence-corrected chi connectivity index (χ0v) is 24.7. The van der Waals surface area contributed by atoms with Gasteiger partial charge in [-0.3, -0.25) is 13.9 Å². The maximum atomic E-state index is 14.0. The summed E-state index contributed by atoms with van der Waals surface area (Å²) in [6.07, 6.45) is 0. The smallest absolute Gasteiger partial charge is 0.264 e. The molecule has 3 rings (SSSR count). The van der Waals surface area contributed by atoms with Crippen LogP contribution in [0.1, 0.15) is 31.9 Å². The summed E-state index contributed by atoms with van der Waals surface area (Å²) in [5.74, 6) is -0.678. The van der Waals surface area contributed by atoms with Crippen molar-refractivity contribution in [2.24, 2.45) is 5.92 Å². The average Bonchev–Trinajstić information content (AvgIpc) is 2.91. The van der Waals surface area contributed by atoms with E-state index in [2.05, 4.69) is 5.32 Å². The third-order valence-electron chi connectivity index (χ3n) is 6.26. The maximum absolute atomic E-state index is 14.0. The van der Waals surface area contributed by atoms with Crippen molar-refractivity contribution in [2.45, 2.75) is 45.2 Å². The zero-order chi connectivity index (χ0) is 28.7. The first-order valence-electron chi connectivity index (χ1n) is 12.6. The number of nitrogens with zero attached hydrogens (tertiary/aromatic N) is 2. The van der Waals surface area contributed by atoms with Crippen molar-refractivity contribution in [3.05, 3.63) is 94.0 Å². The largest absolute Gasteiger partial charge is 0.354 e. The van der Waals surface area contributed by atoms with Crippen LogP contribution in [0.15, 0.2) is 77.7 Å². The Balaban J connectivity index is 2.05. The first kappa shape index (κ1) is 30.5. The highest BCUT2D eigenvalue weighted by Gasteiger charge is 2.33. The minimum Gasteiger partial charge on any atom is -0.354 e. The highest BCUT2D eigenvalue weighted by molar-refractivity contribution is 7.92. The second kappa shape index (κ2) is 13.3. The molecule has 0 aliphatic heterocycles. The van der Waals surface area contributed by atoms with Crippen molar-refractivity contribution in [2.75, 3.05) is 17.4 Å². The van der Waals surface area contributed by atoms with Gasteiger partial charge in [0.05, 0.1) is 20.6 Å². The van der Waals surface area contributed by atoms with E-state index in [-0.39, 0.29) is 39.0 Å². The summed E-state index contributed by atoms with van der Waals surface area (Å²) in [6, 6.07) is 19.0. The quantitative estimate of drug-likeness (QED) is 0.311. The molecule has 0 aromatic heterocycles. The monoisotopic (exact) mass is 589 g/mol. The van der Waals surface area contributed by atoms with Crippen LogP contribution in [0.4, 0.5) is 5.69 Å². The van der Waals surface area contributed by atoms with Gasteiger partial charge in [0.2, 0.25) is 11.8 Å². The topological polar surface area (TPSA) is 86.8 Å². The molecule has 0 bridgehead atoms. The van der Waals surface area contributed by atoms with Crippen molar-refractivity contribution in [3.8, 4) is 0 Å². The number of hydrogen-bond acceptors (Lipinski definition) is 4. The van der Waals surface area contributed by atoms with Gasteiger partial charge in [-0.1, -0.05) is 85.6 Å². The number of benzene rings is 3. The molecule has 0 radical (unpaired) electrons. The molecule has 7 nitrogen and oxygen atoms in total. The maximum Gasteiger partial charge on any atom is 0.264 e. The van der Waals surface area contributed by atoms with Gasteiger partial charge in [0.15, 0.2) is 0 Å². The Hall–Kier alpha value is -3.07. The van der Waals surface area contributed by atoms with Crippen molar-refractivity contribution in [3.63, 3.8) is 0 Å². The SMILES string of the molecule is Cc1ccccc1CN(C(=O)CN(c1cccc(Cl)c1Cl)S(=O)(=O)c1ccccc1)C(C)C(=O)NCC(C)C. The highest BCUT2D eigenvalue weighted by atomic mass is 35.5. The number of carbonyl (C=O) groups excluding carboxylic acids is 2. The molecule has 1 N–H and O–H groups in total. The van der Waals surface area contributed by atoms with Crippen LogP contribution >= 0.6 is 23.2 Å². The molecule has 0 saturated carbocycles. The Kier molecular flexibility index (Phi) is 10.4. The molecule has 0 heterocycles. The summed E-state index contributed by atoms with van der Waals surface area (Å²) in [5.41, 5.74) is 1.85. The third-order valence-corrected chi connectivity index (χ3v) is 8.85. The highest BCUT2D eigenvalue weighted by Crippen LogP contribution is 2.35. The second-order valence-electron chi connectivity index (χ2n) is 9.66. The third kappa shape index (κ3) is 7.53. The van der Waals surface area contributed by atoms with Gasteiger partial charge in [-0.25, -0.2) is 8.42 Å². The van der Waals surface area contributed by atoms with Gasteiger partial charge in [-0.2, -0.15) is 0 Å². The second-order valence-corrected chi connectivity index (χ2v) is 12.3. The molecule has 3 aromatic carbocycles. The predicted molar refractivity (Wildman–Crippen MR) is 156 cm³/mol. The molecule has 0 spiro atoms. The molecule has 3 aromatic rings. The molecule has 0 fully saturated rings. The van der Waals surface area contributed by atoms with Crippen molar-refractivity contribution in [1.82, 2.24) is 10.2 Å². The molecule has 39 heavy (non-hydrogen) atoms. The fourth-order valence-corrected chi connectivity index (χ4v) is 5.82. The van der Waals surface area contributed by atoms with E-state index in [1.807, 2.05) is 45.0 Å². The Morgan fingerprint density at radius 3 is 2.18 bits per heavy atom. The first-order chi connectivity index (χ1) is 18.4. The van der Waals surface area contributed by atoms with Crippen LogP contribution in [-0.2, 0) is 26.2 Å². The lowest BCUT2D eigenvalue weighted by Crippen LogP contribution is -2.51. The predicted octanol–water partition coefficient (Wildman–Crippen LogP) is 5.69. The normalized spacial score (nSPS) is 12.2. The fourth-order valence-electron chi connectivity index (χ4n) is 3.92. The molecule has 0 aliphatic rings. The number of carbonyl (C=O) groups is 2. The summed E-state index contributed by atoms with van der Waals surface area (Å²) in [4.78, 5) is 28.4. The molecule has 10 heteroatoms. The van der Waals surface area contributed by atoms with E-state index in [1.54, 1.807) is 31.2 Å². The molecule has 208 valence electrons. The standard InChI is InChI=1S/C29H33Cl2N3O4S/c1-20(2)17-32-29(36)22(4)33(18-23-12-9-8-11-21(23)3)27(35)19-34(26-16-10-15-25(30)28(26)31)39(37,38)24-13-6-5-7-14-24/h5-16,20,22H,17-19H2,1-4H3,(H,32,36). The number of aryl methyl sites for hydroxylation is 1. The molecule has 1 atom stereocenters.